The summed E-state index contributed by atoms with van der Waals surface area (Å²) >= 11 is 9.39. The lowest BCUT2D eigenvalue weighted by Crippen LogP contribution is -2.25. The number of aryl methyl sites for hydroxylation is 1. The van der Waals surface area contributed by atoms with E-state index in [9.17, 15) is 0 Å². The molecule has 1 heterocycles. The van der Waals surface area contributed by atoms with Crippen LogP contribution in [0.1, 0.15) is 12.0 Å². The second-order valence-electron chi connectivity index (χ2n) is 6.83. The van der Waals surface area contributed by atoms with E-state index in [1.807, 2.05) is 48.5 Å². The van der Waals surface area contributed by atoms with Gasteiger partial charge in [-0.15, -0.1) is 12.4 Å². The number of imidazole rings is 1. The first-order valence-electron chi connectivity index (χ1n) is 9.47. The lowest BCUT2D eigenvalue weighted by molar-refractivity contribution is 0.301. The summed E-state index contributed by atoms with van der Waals surface area (Å²) in [7, 11) is 0. The normalized spacial score (nSPS) is 10.7. The molecule has 0 saturated heterocycles. The largest absolute Gasteiger partial charge is 0.494 e. The average Bonchev–Trinajstić information content (AvgIpc) is 3.00. The van der Waals surface area contributed by atoms with Crippen molar-refractivity contribution in [1.29, 1.82) is 5.41 Å². The second-order valence-corrected chi connectivity index (χ2v) is 8.18. The van der Waals surface area contributed by atoms with E-state index in [4.69, 9.17) is 21.7 Å². The SMILES string of the molecule is Cl.N=c1n(CCCOc2ccc(Cl)cc2)c2ccccc2n1Cc1ccc(Br)cc1. The number of para-hydroxylation sites is 2. The van der Waals surface area contributed by atoms with Gasteiger partial charge in [-0.2, -0.15) is 0 Å². The van der Waals surface area contributed by atoms with Gasteiger partial charge < -0.3 is 13.9 Å². The maximum Gasteiger partial charge on any atom is 0.203 e. The van der Waals surface area contributed by atoms with Crippen LogP contribution in [0.15, 0.2) is 77.3 Å². The van der Waals surface area contributed by atoms with Gasteiger partial charge in [-0.25, -0.2) is 0 Å². The molecule has 30 heavy (non-hydrogen) atoms. The first-order valence-corrected chi connectivity index (χ1v) is 10.6. The number of hydrogen-bond acceptors (Lipinski definition) is 2. The highest BCUT2D eigenvalue weighted by atomic mass is 79.9. The molecule has 0 saturated carbocycles. The summed E-state index contributed by atoms with van der Waals surface area (Å²) in [5.41, 5.74) is 3.81. The van der Waals surface area contributed by atoms with Crippen LogP contribution in [0.3, 0.4) is 0 Å². The first kappa shape index (κ1) is 22.5. The average molecular weight is 507 g/mol. The molecule has 0 radical (unpaired) electrons. The smallest absolute Gasteiger partial charge is 0.203 e. The van der Waals surface area contributed by atoms with Gasteiger partial charge in [-0.1, -0.05) is 51.8 Å². The van der Waals surface area contributed by atoms with E-state index in [1.165, 1.54) is 5.56 Å². The van der Waals surface area contributed by atoms with Crippen molar-refractivity contribution in [3.05, 3.63) is 93.5 Å². The molecular formula is C23H22BrCl2N3O. The molecule has 4 nitrogen and oxygen atoms in total. The van der Waals surface area contributed by atoms with Crippen LogP contribution in [0, 0.1) is 5.41 Å². The monoisotopic (exact) mass is 505 g/mol. The van der Waals surface area contributed by atoms with Gasteiger partial charge in [0.1, 0.15) is 5.75 Å². The van der Waals surface area contributed by atoms with Crippen molar-refractivity contribution in [1.82, 2.24) is 9.13 Å². The molecule has 0 unspecified atom stereocenters. The Labute approximate surface area is 195 Å². The van der Waals surface area contributed by atoms with E-state index < -0.39 is 0 Å². The highest BCUT2D eigenvalue weighted by Gasteiger charge is 2.11. The predicted molar refractivity (Wildman–Crippen MR) is 128 cm³/mol. The van der Waals surface area contributed by atoms with E-state index in [1.54, 1.807) is 0 Å². The molecule has 0 aliphatic rings. The molecule has 0 aliphatic carbocycles. The number of halogens is 3. The number of fused-ring (bicyclic) bond motifs is 1. The summed E-state index contributed by atoms with van der Waals surface area (Å²) in [5, 5.41) is 9.45. The van der Waals surface area contributed by atoms with Gasteiger partial charge in [0, 0.05) is 16.0 Å². The van der Waals surface area contributed by atoms with Crippen LogP contribution in [0.4, 0.5) is 0 Å². The summed E-state index contributed by atoms with van der Waals surface area (Å²) in [4.78, 5) is 0. The van der Waals surface area contributed by atoms with Crippen molar-refractivity contribution < 1.29 is 4.74 Å². The van der Waals surface area contributed by atoms with Crippen molar-refractivity contribution in [3.63, 3.8) is 0 Å². The fourth-order valence-corrected chi connectivity index (χ4v) is 3.79. The Kier molecular flexibility index (Phi) is 7.64. The molecule has 156 valence electrons. The topological polar surface area (TPSA) is 42.9 Å². The summed E-state index contributed by atoms with van der Waals surface area (Å²) < 4.78 is 11.0. The highest BCUT2D eigenvalue weighted by molar-refractivity contribution is 9.10. The zero-order chi connectivity index (χ0) is 20.2. The summed E-state index contributed by atoms with van der Waals surface area (Å²) in [5.74, 6) is 0.808. The molecule has 0 atom stereocenters. The molecule has 0 bridgehead atoms. The van der Waals surface area contributed by atoms with Crippen LogP contribution < -0.4 is 10.4 Å². The third-order valence-electron chi connectivity index (χ3n) is 4.84. The standard InChI is InChI=1S/C23H21BrClN3O.ClH/c24-18-8-6-17(7-9-18)16-28-22-5-2-1-4-21(22)27(23(28)26)14-3-15-29-20-12-10-19(25)11-13-20;/h1-2,4-13,26H,3,14-16H2;1H. The quantitative estimate of drug-likeness (QED) is 0.294. The van der Waals surface area contributed by atoms with E-state index >= 15 is 0 Å². The minimum absolute atomic E-state index is 0. The van der Waals surface area contributed by atoms with Crippen LogP contribution in [-0.2, 0) is 13.1 Å². The molecule has 0 spiro atoms. The predicted octanol–water partition coefficient (Wildman–Crippen LogP) is 6.28. The molecule has 4 rings (SSSR count). The Morgan fingerprint density at radius 2 is 1.50 bits per heavy atom. The molecule has 7 heteroatoms. The minimum Gasteiger partial charge on any atom is -0.494 e. The minimum atomic E-state index is 0. The van der Waals surface area contributed by atoms with Gasteiger partial charge >= 0.3 is 0 Å². The molecule has 3 aromatic carbocycles. The van der Waals surface area contributed by atoms with E-state index in [0.717, 1.165) is 34.2 Å². The highest BCUT2D eigenvalue weighted by Crippen LogP contribution is 2.18. The van der Waals surface area contributed by atoms with Crippen molar-refractivity contribution in [3.8, 4) is 5.75 Å². The maximum atomic E-state index is 8.75. The summed E-state index contributed by atoms with van der Waals surface area (Å²) in [6, 6.07) is 23.8. The van der Waals surface area contributed by atoms with E-state index in [-0.39, 0.29) is 12.4 Å². The lowest BCUT2D eigenvalue weighted by atomic mass is 10.2. The van der Waals surface area contributed by atoms with Gasteiger partial charge in [-0.3, -0.25) is 5.41 Å². The number of hydrogen-bond donors (Lipinski definition) is 1. The Hall–Kier alpha value is -2.21. The van der Waals surface area contributed by atoms with Gasteiger partial charge in [0.05, 0.1) is 24.2 Å². The Morgan fingerprint density at radius 3 is 2.17 bits per heavy atom. The lowest BCUT2D eigenvalue weighted by Gasteiger charge is -2.08. The zero-order valence-corrected chi connectivity index (χ0v) is 19.4. The fourth-order valence-electron chi connectivity index (χ4n) is 3.40. The Bertz CT molecular complexity index is 1170. The van der Waals surface area contributed by atoms with E-state index in [0.29, 0.717) is 23.8 Å². The molecule has 1 aromatic heterocycles. The third-order valence-corrected chi connectivity index (χ3v) is 5.62. The number of benzene rings is 3. The number of ether oxygens (including phenoxy) is 1. The molecule has 0 amide bonds. The summed E-state index contributed by atoms with van der Waals surface area (Å²) in [6.45, 7) is 1.97. The Balaban J connectivity index is 0.00000256. The van der Waals surface area contributed by atoms with Crippen molar-refractivity contribution in [2.75, 3.05) is 6.61 Å². The van der Waals surface area contributed by atoms with Gasteiger partial charge in [-0.05, 0) is 60.5 Å². The van der Waals surface area contributed by atoms with Gasteiger partial charge in [0.15, 0.2) is 0 Å². The maximum absolute atomic E-state index is 8.75. The van der Waals surface area contributed by atoms with E-state index in [2.05, 4.69) is 49.3 Å². The third kappa shape index (κ3) is 5.09. The van der Waals surface area contributed by atoms with Gasteiger partial charge in [0.2, 0.25) is 5.62 Å². The zero-order valence-electron chi connectivity index (χ0n) is 16.2. The molecule has 0 aliphatic heterocycles. The number of nitrogens with one attached hydrogen (secondary N) is 1. The summed E-state index contributed by atoms with van der Waals surface area (Å²) in [6.07, 6.45) is 0.811. The number of aromatic nitrogens is 2. The number of rotatable bonds is 7. The molecular weight excluding hydrogens is 485 g/mol. The molecule has 4 aromatic rings. The van der Waals surface area contributed by atoms with Crippen LogP contribution in [0.2, 0.25) is 5.02 Å². The van der Waals surface area contributed by atoms with Crippen molar-refractivity contribution >= 4 is 51.0 Å². The van der Waals surface area contributed by atoms with Crippen LogP contribution >= 0.6 is 39.9 Å². The van der Waals surface area contributed by atoms with Crippen molar-refractivity contribution in [2.24, 2.45) is 0 Å². The first-order chi connectivity index (χ1) is 14.1. The Morgan fingerprint density at radius 1 is 0.867 bits per heavy atom. The van der Waals surface area contributed by atoms with Crippen molar-refractivity contribution in [2.45, 2.75) is 19.5 Å². The molecule has 1 N–H and O–H groups in total. The number of nitrogens with zero attached hydrogens (tertiary/aromatic N) is 2. The van der Waals surface area contributed by atoms with Crippen LogP contribution in [0.25, 0.3) is 11.0 Å². The molecule has 0 fully saturated rings. The van der Waals surface area contributed by atoms with Crippen LogP contribution in [0.5, 0.6) is 5.75 Å². The van der Waals surface area contributed by atoms with Crippen LogP contribution in [-0.4, -0.2) is 15.7 Å². The second kappa shape index (κ2) is 10.2. The fraction of sp³-hybridized carbons (Fsp3) is 0.174. The van der Waals surface area contributed by atoms with Gasteiger partial charge in [0.25, 0.3) is 0 Å².